The molecule has 2 aromatic carbocycles. The zero-order valence-corrected chi connectivity index (χ0v) is 11.8. The van der Waals surface area contributed by atoms with E-state index in [-0.39, 0.29) is 0 Å². The Morgan fingerprint density at radius 2 is 1.89 bits per heavy atom. The number of nitrogen functional groups attached to an aromatic ring is 1. The number of benzene rings is 2. The maximum atomic E-state index is 11.4. The molecule has 0 fully saturated rings. The third-order valence-electron chi connectivity index (χ3n) is 2.97. The summed E-state index contributed by atoms with van der Waals surface area (Å²) < 4.78 is 0.950. The van der Waals surface area contributed by atoms with Gasteiger partial charge in [-0.3, -0.25) is 4.79 Å². The molecule has 0 aliphatic carbocycles. The van der Waals surface area contributed by atoms with Gasteiger partial charge in [-0.2, -0.15) is 0 Å². The molecule has 0 saturated heterocycles. The van der Waals surface area contributed by atoms with Crippen LogP contribution in [0.25, 0.3) is 0 Å². The molecule has 2 aromatic rings. The zero-order chi connectivity index (χ0) is 13.8. The van der Waals surface area contributed by atoms with Crippen molar-refractivity contribution in [2.45, 2.75) is 12.3 Å². The SMILES string of the molecule is Nc1ccc(C(Cc2cccc(Br)c2)C(=O)O)cc1. The molecule has 3 N–H and O–H groups in total. The average Bonchev–Trinajstić information content (AvgIpc) is 2.37. The predicted octanol–water partition coefficient (Wildman–Crippen LogP) is 3.44. The topological polar surface area (TPSA) is 63.3 Å². The van der Waals surface area contributed by atoms with Crippen LogP contribution in [0.5, 0.6) is 0 Å². The standard InChI is InChI=1S/C15H14BrNO2/c16-12-3-1-2-10(8-12)9-14(15(18)19)11-4-6-13(17)7-5-11/h1-8,14H,9,17H2,(H,18,19). The lowest BCUT2D eigenvalue weighted by Gasteiger charge is -2.13. The molecule has 0 aliphatic heterocycles. The van der Waals surface area contributed by atoms with E-state index < -0.39 is 11.9 Å². The van der Waals surface area contributed by atoms with Crippen LogP contribution in [0.3, 0.4) is 0 Å². The molecule has 0 heterocycles. The summed E-state index contributed by atoms with van der Waals surface area (Å²) in [6, 6.07) is 14.7. The predicted molar refractivity (Wildman–Crippen MR) is 79.1 cm³/mol. The first kappa shape index (κ1) is 13.6. The van der Waals surface area contributed by atoms with E-state index in [0.29, 0.717) is 12.1 Å². The van der Waals surface area contributed by atoms with Crippen molar-refractivity contribution >= 4 is 27.6 Å². The lowest BCUT2D eigenvalue weighted by atomic mass is 9.92. The highest BCUT2D eigenvalue weighted by Crippen LogP contribution is 2.23. The van der Waals surface area contributed by atoms with Gasteiger partial charge in [-0.1, -0.05) is 40.2 Å². The van der Waals surface area contributed by atoms with Crippen LogP contribution in [0.15, 0.2) is 53.0 Å². The van der Waals surface area contributed by atoms with Gasteiger partial charge in [-0.25, -0.2) is 0 Å². The minimum absolute atomic E-state index is 0.457. The van der Waals surface area contributed by atoms with Gasteiger partial charge in [0, 0.05) is 10.2 Å². The number of rotatable bonds is 4. The molecule has 0 amide bonds. The fraction of sp³-hybridized carbons (Fsp3) is 0.133. The minimum Gasteiger partial charge on any atom is -0.481 e. The second-order valence-electron chi connectivity index (χ2n) is 4.39. The van der Waals surface area contributed by atoms with Crippen molar-refractivity contribution in [2.75, 3.05) is 5.73 Å². The van der Waals surface area contributed by atoms with Crippen LogP contribution in [0.2, 0.25) is 0 Å². The van der Waals surface area contributed by atoms with Crippen molar-refractivity contribution < 1.29 is 9.90 Å². The quantitative estimate of drug-likeness (QED) is 0.848. The van der Waals surface area contributed by atoms with Gasteiger partial charge in [0.25, 0.3) is 0 Å². The Morgan fingerprint density at radius 1 is 1.21 bits per heavy atom. The van der Waals surface area contributed by atoms with Crippen LogP contribution in [0, 0.1) is 0 Å². The van der Waals surface area contributed by atoms with Gasteiger partial charge in [-0.05, 0) is 41.8 Å². The molecule has 0 saturated carbocycles. The Hall–Kier alpha value is -1.81. The number of carbonyl (C=O) groups is 1. The molecule has 0 radical (unpaired) electrons. The first-order valence-electron chi connectivity index (χ1n) is 5.89. The van der Waals surface area contributed by atoms with Crippen molar-refractivity contribution in [3.05, 3.63) is 64.1 Å². The van der Waals surface area contributed by atoms with Crippen LogP contribution < -0.4 is 5.73 Å². The second kappa shape index (κ2) is 5.89. The van der Waals surface area contributed by atoms with Crippen LogP contribution in [-0.2, 0) is 11.2 Å². The van der Waals surface area contributed by atoms with Gasteiger partial charge in [0.05, 0.1) is 5.92 Å². The summed E-state index contributed by atoms with van der Waals surface area (Å²) in [6.07, 6.45) is 0.457. The molecule has 4 heteroatoms. The highest BCUT2D eigenvalue weighted by molar-refractivity contribution is 9.10. The van der Waals surface area contributed by atoms with Gasteiger partial charge in [-0.15, -0.1) is 0 Å². The molecule has 0 aromatic heterocycles. The molecule has 0 aliphatic rings. The van der Waals surface area contributed by atoms with Crippen LogP contribution >= 0.6 is 15.9 Å². The lowest BCUT2D eigenvalue weighted by Crippen LogP contribution is -2.14. The van der Waals surface area contributed by atoms with E-state index >= 15 is 0 Å². The fourth-order valence-electron chi connectivity index (χ4n) is 1.98. The van der Waals surface area contributed by atoms with Crippen LogP contribution in [-0.4, -0.2) is 11.1 Å². The molecule has 19 heavy (non-hydrogen) atoms. The summed E-state index contributed by atoms with van der Waals surface area (Å²) in [4.78, 5) is 11.4. The first-order chi connectivity index (χ1) is 9.06. The van der Waals surface area contributed by atoms with E-state index in [1.54, 1.807) is 24.3 Å². The van der Waals surface area contributed by atoms with Crippen LogP contribution in [0.4, 0.5) is 5.69 Å². The molecule has 1 unspecified atom stereocenters. The van der Waals surface area contributed by atoms with E-state index in [9.17, 15) is 9.90 Å². The highest BCUT2D eigenvalue weighted by atomic mass is 79.9. The molecule has 3 nitrogen and oxygen atoms in total. The molecule has 2 rings (SSSR count). The normalized spacial score (nSPS) is 12.1. The third-order valence-corrected chi connectivity index (χ3v) is 3.46. The maximum absolute atomic E-state index is 11.4. The number of nitrogens with two attached hydrogens (primary N) is 1. The Balaban J connectivity index is 2.26. The van der Waals surface area contributed by atoms with Crippen molar-refractivity contribution in [3.63, 3.8) is 0 Å². The fourth-order valence-corrected chi connectivity index (χ4v) is 2.42. The van der Waals surface area contributed by atoms with Crippen LogP contribution in [0.1, 0.15) is 17.0 Å². The molecular formula is C15H14BrNO2. The number of hydrogen-bond acceptors (Lipinski definition) is 2. The highest BCUT2D eigenvalue weighted by Gasteiger charge is 2.20. The van der Waals surface area contributed by atoms with E-state index in [0.717, 1.165) is 15.6 Å². The van der Waals surface area contributed by atoms with E-state index in [4.69, 9.17) is 5.73 Å². The smallest absolute Gasteiger partial charge is 0.311 e. The van der Waals surface area contributed by atoms with Gasteiger partial charge in [0.1, 0.15) is 0 Å². The van der Waals surface area contributed by atoms with E-state index in [1.165, 1.54) is 0 Å². The maximum Gasteiger partial charge on any atom is 0.311 e. The van der Waals surface area contributed by atoms with Crippen molar-refractivity contribution in [3.8, 4) is 0 Å². The summed E-state index contributed by atoms with van der Waals surface area (Å²) in [6.45, 7) is 0. The van der Waals surface area contributed by atoms with Crippen molar-refractivity contribution in [2.24, 2.45) is 0 Å². The van der Waals surface area contributed by atoms with Crippen molar-refractivity contribution in [1.82, 2.24) is 0 Å². The zero-order valence-electron chi connectivity index (χ0n) is 10.2. The number of carboxylic acid groups (broad SMARTS) is 1. The van der Waals surface area contributed by atoms with Gasteiger partial charge in [0.15, 0.2) is 0 Å². The van der Waals surface area contributed by atoms with E-state index in [1.807, 2.05) is 24.3 Å². The minimum atomic E-state index is -0.829. The summed E-state index contributed by atoms with van der Waals surface area (Å²) in [5.74, 6) is -1.39. The summed E-state index contributed by atoms with van der Waals surface area (Å²) in [5, 5.41) is 9.38. The summed E-state index contributed by atoms with van der Waals surface area (Å²) in [5.41, 5.74) is 8.01. The molecule has 0 spiro atoms. The summed E-state index contributed by atoms with van der Waals surface area (Å²) in [7, 11) is 0. The van der Waals surface area contributed by atoms with Crippen molar-refractivity contribution in [1.29, 1.82) is 0 Å². The molecule has 0 bridgehead atoms. The summed E-state index contributed by atoms with van der Waals surface area (Å²) >= 11 is 3.39. The Bertz CT molecular complexity index is 581. The monoisotopic (exact) mass is 319 g/mol. The third kappa shape index (κ3) is 3.58. The number of carboxylic acids is 1. The molecule has 1 atom stereocenters. The largest absolute Gasteiger partial charge is 0.481 e. The average molecular weight is 320 g/mol. The molecular weight excluding hydrogens is 306 g/mol. The Labute approximate surface area is 120 Å². The number of aliphatic carboxylic acids is 1. The number of halogens is 1. The van der Waals surface area contributed by atoms with Gasteiger partial charge >= 0.3 is 5.97 Å². The van der Waals surface area contributed by atoms with Gasteiger partial charge in [0.2, 0.25) is 0 Å². The number of hydrogen-bond donors (Lipinski definition) is 2. The Kier molecular flexibility index (Phi) is 4.22. The molecule has 98 valence electrons. The van der Waals surface area contributed by atoms with Gasteiger partial charge < -0.3 is 10.8 Å². The number of anilines is 1. The second-order valence-corrected chi connectivity index (χ2v) is 5.31. The Morgan fingerprint density at radius 3 is 2.47 bits per heavy atom. The first-order valence-corrected chi connectivity index (χ1v) is 6.68. The van der Waals surface area contributed by atoms with E-state index in [2.05, 4.69) is 15.9 Å². The lowest BCUT2D eigenvalue weighted by molar-refractivity contribution is -0.138.